The molecule has 7 heteroatoms. The standard InChI is InChI=1S/C33H36N2O5/c1-5-35(6-2)33(36)29-17-18-30(39-22-24-13-9-7-10-14-24)32(40-23-25-15-11-8-12-16-25)31(29)34-26-19-27(37-3)21-28(20-26)38-4/h7-21,34H,5-6,22-23H2,1-4H3. The van der Waals surface area contributed by atoms with Crippen LogP contribution in [0, 0.1) is 0 Å². The Bertz CT molecular complexity index is 1370. The predicted octanol–water partition coefficient (Wildman–Crippen LogP) is 7.09. The Kier molecular flexibility index (Phi) is 9.88. The van der Waals surface area contributed by atoms with Gasteiger partial charge in [0.05, 0.1) is 25.5 Å². The van der Waals surface area contributed by atoms with Crippen LogP contribution in [-0.2, 0) is 13.2 Å². The van der Waals surface area contributed by atoms with Gasteiger partial charge in [-0.3, -0.25) is 4.79 Å². The maximum Gasteiger partial charge on any atom is 0.256 e. The van der Waals surface area contributed by atoms with Crippen molar-refractivity contribution in [3.8, 4) is 23.0 Å². The number of carbonyl (C=O) groups is 1. The van der Waals surface area contributed by atoms with Crippen molar-refractivity contribution in [3.05, 3.63) is 108 Å². The van der Waals surface area contributed by atoms with Gasteiger partial charge in [-0.25, -0.2) is 0 Å². The fourth-order valence-corrected chi connectivity index (χ4v) is 4.29. The van der Waals surface area contributed by atoms with E-state index in [9.17, 15) is 4.79 Å². The lowest BCUT2D eigenvalue weighted by molar-refractivity contribution is 0.0773. The van der Waals surface area contributed by atoms with Crippen LogP contribution in [0.3, 0.4) is 0 Å². The minimum Gasteiger partial charge on any atom is -0.497 e. The molecular formula is C33H36N2O5. The summed E-state index contributed by atoms with van der Waals surface area (Å²) in [5.74, 6) is 2.08. The number of nitrogens with one attached hydrogen (secondary N) is 1. The number of amides is 1. The Morgan fingerprint density at radius 3 is 1.80 bits per heavy atom. The molecule has 0 atom stereocenters. The lowest BCUT2D eigenvalue weighted by Crippen LogP contribution is -2.31. The van der Waals surface area contributed by atoms with Gasteiger partial charge < -0.3 is 29.2 Å². The largest absolute Gasteiger partial charge is 0.497 e. The second kappa shape index (κ2) is 13.9. The van der Waals surface area contributed by atoms with Crippen molar-refractivity contribution in [2.24, 2.45) is 0 Å². The highest BCUT2D eigenvalue weighted by Crippen LogP contribution is 2.42. The highest BCUT2D eigenvalue weighted by atomic mass is 16.5. The lowest BCUT2D eigenvalue weighted by Gasteiger charge is -2.24. The topological polar surface area (TPSA) is 69.3 Å². The minimum atomic E-state index is -0.110. The Morgan fingerprint density at radius 2 is 1.27 bits per heavy atom. The Labute approximate surface area is 236 Å². The zero-order valence-electron chi connectivity index (χ0n) is 23.5. The van der Waals surface area contributed by atoms with Crippen LogP contribution in [0.25, 0.3) is 0 Å². The van der Waals surface area contributed by atoms with Crippen LogP contribution in [0.15, 0.2) is 91.0 Å². The number of benzene rings is 4. The van der Waals surface area contributed by atoms with Gasteiger partial charge in [0.15, 0.2) is 11.5 Å². The van der Waals surface area contributed by atoms with Crippen LogP contribution in [-0.4, -0.2) is 38.1 Å². The summed E-state index contributed by atoms with van der Waals surface area (Å²) in [5.41, 5.74) is 3.67. The summed E-state index contributed by atoms with van der Waals surface area (Å²) < 4.78 is 23.7. The number of carbonyl (C=O) groups excluding carboxylic acids is 1. The number of hydrogen-bond donors (Lipinski definition) is 1. The van der Waals surface area contributed by atoms with E-state index in [0.717, 1.165) is 11.1 Å². The van der Waals surface area contributed by atoms with Crippen molar-refractivity contribution >= 4 is 17.3 Å². The average Bonchev–Trinajstić information content (AvgIpc) is 3.00. The summed E-state index contributed by atoms with van der Waals surface area (Å²) in [5, 5.41) is 3.44. The van der Waals surface area contributed by atoms with E-state index >= 15 is 0 Å². The molecule has 1 amide bonds. The van der Waals surface area contributed by atoms with E-state index in [2.05, 4.69) is 5.32 Å². The number of methoxy groups -OCH3 is 2. The average molecular weight is 541 g/mol. The first-order valence-electron chi connectivity index (χ1n) is 13.4. The molecule has 0 radical (unpaired) electrons. The van der Waals surface area contributed by atoms with Gasteiger partial charge in [0, 0.05) is 37.0 Å². The van der Waals surface area contributed by atoms with Gasteiger partial charge >= 0.3 is 0 Å². The van der Waals surface area contributed by atoms with Crippen LogP contribution >= 0.6 is 0 Å². The summed E-state index contributed by atoms with van der Waals surface area (Å²) in [6.07, 6.45) is 0. The maximum atomic E-state index is 13.7. The van der Waals surface area contributed by atoms with Crippen molar-refractivity contribution in [2.45, 2.75) is 27.1 Å². The molecule has 7 nitrogen and oxygen atoms in total. The number of ether oxygens (including phenoxy) is 4. The molecule has 4 aromatic carbocycles. The fraction of sp³-hybridized carbons (Fsp3) is 0.242. The van der Waals surface area contributed by atoms with Gasteiger partial charge in [0.1, 0.15) is 24.7 Å². The molecule has 208 valence electrons. The van der Waals surface area contributed by atoms with Gasteiger partial charge in [0.2, 0.25) is 0 Å². The van der Waals surface area contributed by atoms with Crippen LogP contribution in [0.4, 0.5) is 11.4 Å². The summed E-state index contributed by atoms with van der Waals surface area (Å²) >= 11 is 0. The second-order valence-electron chi connectivity index (χ2n) is 9.07. The number of anilines is 2. The first-order chi connectivity index (χ1) is 19.6. The van der Waals surface area contributed by atoms with Crippen molar-refractivity contribution in [1.82, 2.24) is 4.90 Å². The molecule has 0 aliphatic rings. The van der Waals surface area contributed by atoms with Gasteiger partial charge in [-0.2, -0.15) is 0 Å². The molecule has 1 N–H and O–H groups in total. The van der Waals surface area contributed by atoms with Crippen molar-refractivity contribution in [2.75, 3.05) is 32.6 Å². The van der Waals surface area contributed by atoms with E-state index in [0.29, 0.717) is 66.2 Å². The third-order valence-electron chi connectivity index (χ3n) is 6.49. The fourth-order valence-electron chi connectivity index (χ4n) is 4.29. The molecule has 0 spiro atoms. The Morgan fingerprint density at radius 1 is 0.725 bits per heavy atom. The zero-order chi connectivity index (χ0) is 28.3. The monoisotopic (exact) mass is 540 g/mol. The summed E-state index contributed by atoms with van der Waals surface area (Å²) in [6.45, 7) is 5.72. The van der Waals surface area contributed by atoms with Crippen molar-refractivity contribution in [3.63, 3.8) is 0 Å². The molecule has 0 heterocycles. The van der Waals surface area contributed by atoms with Crippen LogP contribution in [0.2, 0.25) is 0 Å². The normalized spacial score (nSPS) is 10.5. The van der Waals surface area contributed by atoms with E-state index in [-0.39, 0.29) is 5.91 Å². The molecular weight excluding hydrogens is 504 g/mol. The van der Waals surface area contributed by atoms with Crippen LogP contribution in [0.5, 0.6) is 23.0 Å². The number of rotatable bonds is 13. The van der Waals surface area contributed by atoms with Crippen LogP contribution < -0.4 is 24.3 Å². The molecule has 0 aromatic heterocycles. The van der Waals surface area contributed by atoms with Crippen molar-refractivity contribution < 1.29 is 23.7 Å². The number of nitrogens with zero attached hydrogens (tertiary/aromatic N) is 1. The Hall–Kier alpha value is -4.65. The zero-order valence-corrected chi connectivity index (χ0v) is 23.5. The smallest absolute Gasteiger partial charge is 0.256 e. The third-order valence-corrected chi connectivity index (χ3v) is 6.49. The van der Waals surface area contributed by atoms with E-state index in [1.54, 1.807) is 37.3 Å². The number of hydrogen-bond acceptors (Lipinski definition) is 6. The van der Waals surface area contributed by atoms with E-state index in [1.165, 1.54) is 0 Å². The second-order valence-corrected chi connectivity index (χ2v) is 9.07. The van der Waals surface area contributed by atoms with E-state index in [1.807, 2.05) is 86.6 Å². The molecule has 40 heavy (non-hydrogen) atoms. The molecule has 0 fully saturated rings. The molecule has 4 aromatic rings. The molecule has 0 aliphatic carbocycles. The molecule has 0 saturated heterocycles. The van der Waals surface area contributed by atoms with E-state index in [4.69, 9.17) is 18.9 Å². The maximum absolute atomic E-state index is 13.7. The third kappa shape index (κ3) is 7.05. The van der Waals surface area contributed by atoms with Gasteiger partial charge in [0.25, 0.3) is 5.91 Å². The van der Waals surface area contributed by atoms with Gasteiger partial charge in [-0.05, 0) is 37.1 Å². The van der Waals surface area contributed by atoms with Gasteiger partial charge in [-0.15, -0.1) is 0 Å². The first-order valence-corrected chi connectivity index (χ1v) is 13.4. The summed E-state index contributed by atoms with van der Waals surface area (Å²) in [7, 11) is 3.20. The van der Waals surface area contributed by atoms with Gasteiger partial charge in [-0.1, -0.05) is 60.7 Å². The molecule has 0 unspecified atom stereocenters. The summed E-state index contributed by atoms with van der Waals surface area (Å²) in [4.78, 5) is 15.5. The minimum absolute atomic E-state index is 0.110. The molecule has 4 rings (SSSR count). The lowest BCUT2D eigenvalue weighted by atomic mass is 10.1. The SMILES string of the molecule is CCN(CC)C(=O)c1ccc(OCc2ccccc2)c(OCc2ccccc2)c1Nc1cc(OC)cc(OC)c1. The summed E-state index contributed by atoms with van der Waals surface area (Å²) in [6, 6.07) is 28.9. The van der Waals surface area contributed by atoms with Crippen molar-refractivity contribution in [1.29, 1.82) is 0 Å². The highest BCUT2D eigenvalue weighted by molar-refractivity contribution is 6.02. The molecule has 0 aliphatic heterocycles. The quantitative estimate of drug-likeness (QED) is 0.195. The van der Waals surface area contributed by atoms with Crippen LogP contribution in [0.1, 0.15) is 35.3 Å². The predicted molar refractivity (Wildman–Crippen MR) is 158 cm³/mol. The first kappa shape index (κ1) is 28.4. The molecule has 0 saturated carbocycles. The Balaban J connectivity index is 1.83. The highest BCUT2D eigenvalue weighted by Gasteiger charge is 2.24. The molecule has 0 bridgehead atoms. The van der Waals surface area contributed by atoms with E-state index < -0.39 is 0 Å².